The quantitative estimate of drug-likeness (QED) is 0.540. The summed E-state index contributed by atoms with van der Waals surface area (Å²) in [6, 6.07) is 8.59. The van der Waals surface area contributed by atoms with Crippen molar-refractivity contribution in [2.75, 3.05) is 33.3 Å². The molecule has 1 saturated heterocycles. The fraction of sp³-hybridized carbons (Fsp3) is 0.643. The zero-order chi connectivity index (χ0) is 25.2. The number of nitrogens with zero attached hydrogens (tertiary/aromatic N) is 6. The van der Waals surface area contributed by atoms with Gasteiger partial charge in [-0.15, -0.1) is 5.10 Å². The first-order chi connectivity index (χ1) is 18.2. The van der Waals surface area contributed by atoms with Crippen molar-refractivity contribution in [2.24, 2.45) is 0 Å². The van der Waals surface area contributed by atoms with E-state index in [2.05, 4.69) is 30.3 Å². The van der Waals surface area contributed by atoms with E-state index in [1.165, 1.54) is 51.4 Å². The number of tetrazole rings is 1. The summed E-state index contributed by atoms with van der Waals surface area (Å²) < 4.78 is 7.41. The minimum atomic E-state index is -0.277. The lowest BCUT2D eigenvalue weighted by molar-refractivity contribution is 0.0610. The van der Waals surface area contributed by atoms with E-state index in [4.69, 9.17) is 4.74 Å². The Morgan fingerprint density at radius 1 is 0.919 bits per heavy atom. The summed E-state index contributed by atoms with van der Waals surface area (Å²) in [7, 11) is 1.64. The number of hydrogen-bond acceptors (Lipinski definition) is 7. The van der Waals surface area contributed by atoms with E-state index in [0.29, 0.717) is 12.1 Å². The average Bonchev–Trinajstić information content (AvgIpc) is 3.44. The number of piperazine rings is 1. The fourth-order valence-corrected chi connectivity index (χ4v) is 6.80. The number of aromatic nitrogens is 5. The molecule has 2 aliphatic carbocycles. The van der Waals surface area contributed by atoms with Crippen LogP contribution in [0, 0.1) is 0 Å². The van der Waals surface area contributed by atoms with Gasteiger partial charge in [0.15, 0.2) is 5.82 Å². The average molecular weight is 506 g/mol. The highest BCUT2D eigenvalue weighted by molar-refractivity contribution is 5.80. The van der Waals surface area contributed by atoms with Gasteiger partial charge < -0.3 is 9.72 Å². The summed E-state index contributed by atoms with van der Waals surface area (Å²) in [6.45, 7) is 3.85. The van der Waals surface area contributed by atoms with Gasteiger partial charge >= 0.3 is 0 Å². The third-order valence-corrected chi connectivity index (χ3v) is 8.86. The number of hydrogen-bond donors (Lipinski definition) is 1. The molecule has 1 N–H and O–H groups in total. The minimum absolute atomic E-state index is 0.0846. The molecule has 9 heteroatoms. The Kier molecular flexibility index (Phi) is 7.24. The molecule has 0 radical (unpaired) electrons. The van der Waals surface area contributed by atoms with Gasteiger partial charge in [-0.1, -0.05) is 38.5 Å². The number of H-pyrrole nitrogens is 1. The predicted molar refractivity (Wildman–Crippen MR) is 143 cm³/mol. The molecule has 0 unspecified atom stereocenters. The van der Waals surface area contributed by atoms with Gasteiger partial charge in [0, 0.05) is 43.9 Å². The van der Waals surface area contributed by atoms with E-state index in [1.54, 1.807) is 7.11 Å². The van der Waals surface area contributed by atoms with E-state index in [-0.39, 0.29) is 11.6 Å². The van der Waals surface area contributed by atoms with Crippen LogP contribution in [0.25, 0.3) is 10.9 Å². The van der Waals surface area contributed by atoms with Gasteiger partial charge in [-0.05, 0) is 59.7 Å². The largest absolute Gasteiger partial charge is 0.497 e. The van der Waals surface area contributed by atoms with Gasteiger partial charge in [-0.2, -0.15) is 0 Å². The standard InChI is InChI=1S/C28H39N7O2/c1-37-23-13-12-20-18-24(28(36)29-25(20)19-23)26(27-30-31-32-35(27)22-10-6-3-7-11-22)34-16-14-33(15-17-34)21-8-4-2-5-9-21/h12-13,18-19,21-22,26H,2-11,14-17H2,1H3,(H,29,36)/t26-/m0/s1. The molecule has 1 atom stereocenters. The lowest BCUT2D eigenvalue weighted by Gasteiger charge is -2.43. The van der Waals surface area contributed by atoms with Crippen LogP contribution in [-0.4, -0.2) is 74.3 Å². The second-order valence-electron chi connectivity index (χ2n) is 11.0. The Labute approximate surface area is 218 Å². The van der Waals surface area contributed by atoms with E-state index in [9.17, 15) is 4.79 Å². The molecular weight excluding hydrogens is 466 g/mol. The summed E-state index contributed by atoms with van der Waals surface area (Å²) in [5.41, 5.74) is 1.41. The molecule has 198 valence electrons. The monoisotopic (exact) mass is 505 g/mol. The van der Waals surface area contributed by atoms with Crippen LogP contribution in [0.2, 0.25) is 0 Å². The SMILES string of the molecule is COc1ccc2cc([C@@H](c3nnnn3C3CCCCC3)N3CCN(C4CCCCC4)CC3)c(=O)[nH]c2c1. The summed E-state index contributed by atoms with van der Waals surface area (Å²) in [5, 5.41) is 14.2. The number of nitrogens with one attached hydrogen (secondary N) is 1. The summed E-state index contributed by atoms with van der Waals surface area (Å²) in [6.07, 6.45) is 12.6. The zero-order valence-corrected chi connectivity index (χ0v) is 21.9. The molecule has 3 fully saturated rings. The van der Waals surface area contributed by atoms with Gasteiger partial charge in [0.1, 0.15) is 11.8 Å². The first-order valence-corrected chi connectivity index (χ1v) is 14.2. The summed E-state index contributed by atoms with van der Waals surface area (Å²) >= 11 is 0. The van der Waals surface area contributed by atoms with Gasteiger partial charge in [-0.25, -0.2) is 4.68 Å². The zero-order valence-electron chi connectivity index (χ0n) is 21.9. The second-order valence-corrected chi connectivity index (χ2v) is 11.0. The van der Waals surface area contributed by atoms with Gasteiger partial charge in [0.2, 0.25) is 0 Å². The third-order valence-electron chi connectivity index (χ3n) is 8.86. The molecule has 0 spiro atoms. The highest BCUT2D eigenvalue weighted by Gasteiger charge is 2.35. The molecule has 9 nitrogen and oxygen atoms in total. The number of aromatic amines is 1. The summed E-state index contributed by atoms with van der Waals surface area (Å²) in [5.74, 6) is 1.53. The Morgan fingerprint density at radius 3 is 2.32 bits per heavy atom. The number of methoxy groups -OCH3 is 1. The van der Waals surface area contributed by atoms with E-state index in [0.717, 1.165) is 67.1 Å². The molecule has 0 bridgehead atoms. The Morgan fingerprint density at radius 2 is 1.62 bits per heavy atom. The van der Waals surface area contributed by atoms with Crippen molar-refractivity contribution in [2.45, 2.75) is 82.3 Å². The second kappa shape index (κ2) is 10.9. The highest BCUT2D eigenvalue weighted by Crippen LogP contribution is 2.34. The highest BCUT2D eigenvalue weighted by atomic mass is 16.5. The predicted octanol–water partition coefficient (Wildman–Crippen LogP) is 4.07. The van der Waals surface area contributed by atoms with E-state index >= 15 is 0 Å². The van der Waals surface area contributed by atoms with Crippen LogP contribution >= 0.6 is 0 Å². The summed E-state index contributed by atoms with van der Waals surface area (Å²) in [4.78, 5) is 21.8. The van der Waals surface area contributed by atoms with Crippen molar-refractivity contribution in [3.05, 3.63) is 46.0 Å². The van der Waals surface area contributed by atoms with Crippen LogP contribution in [0.15, 0.2) is 29.1 Å². The van der Waals surface area contributed by atoms with E-state index < -0.39 is 0 Å². The molecule has 3 aromatic rings. The van der Waals surface area contributed by atoms with Crippen LogP contribution in [0.4, 0.5) is 0 Å². The Balaban J connectivity index is 1.36. The minimum Gasteiger partial charge on any atom is -0.497 e. The van der Waals surface area contributed by atoms with Gasteiger partial charge in [0.05, 0.1) is 18.7 Å². The van der Waals surface area contributed by atoms with E-state index in [1.807, 2.05) is 28.9 Å². The molecule has 1 aromatic carbocycles. The Hall–Kier alpha value is -2.78. The molecule has 2 aromatic heterocycles. The topological polar surface area (TPSA) is 92.2 Å². The molecule has 37 heavy (non-hydrogen) atoms. The van der Waals surface area contributed by atoms with Crippen molar-refractivity contribution >= 4 is 10.9 Å². The number of pyridine rings is 1. The first kappa shape index (κ1) is 24.6. The van der Waals surface area contributed by atoms with Gasteiger partial charge in [-0.3, -0.25) is 14.6 Å². The smallest absolute Gasteiger partial charge is 0.253 e. The van der Waals surface area contributed by atoms with Crippen LogP contribution in [0.5, 0.6) is 5.75 Å². The first-order valence-electron chi connectivity index (χ1n) is 14.2. The lowest BCUT2D eigenvalue weighted by atomic mass is 9.93. The molecular formula is C28H39N7O2. The molecule has 1 aliphatic heterocycles. The van der Waals surface area contributed by atoms with Crippen molar-refractivity contribution in [3.63, 3.8) is 0 Å². The van der Waals surface area contributed by atoms with Crippen LogP contribution < -0.4 is 10.3 Å². The number of ether oxygens (including phenoxy) is 1. The molecule has 2 saturated carbocycles. The molecule has 6 rings (SSSR count). The molecule has 0 amide bonds. The maximum absolute atomic E-state index is 13.6. The Bertz CT molecular complexity index is 1250. The van der Waals surface area contributed by atoms with Crippen molar-refractivity contribution < 1.29 is 4.74 Å². The van der Waals surface area contributed by atoms with Crippen LogP contribution in [0.3, 0.4) is 0 Å². The normalized spacial score (nSPS) is 21.9. The van der Waals surface area contributed by atoms with Crippen molar-refractivity contribution in [1.29, 1.82) is 0 Å². The van der Waals surface area contributed by atoms with Crippen LogP contribution in [-0.2, 0) is 0 Å². The van der Waals surface area contributed by atoms with Crippen LogP contribution in [0.1, 0.15) is 87.7 Å². The lowest BCUT2D eigenvalue weighted by Crippen LogP contribution is -2.52. The maximum atomic E-state index is 13.6. The molecule has 3 heterocycles. The fourth-order valence-electron chi connectivity index (χ4n) is 6.80. The van der Waals surface area contributed by atoms with Crippen molar-refractivity contribution in [1.82, 2.24) is 35.0 Å². The third kappa shape index (κ3) is 5.03. The molecule has 3 aliphatic rings. The number of rotatable bonds is 6. The van der Waals surface area contributed by atoms with Crippen molar-refractivity contribution in [3.8, 4) is 5.75 Å². The number of fused-ring (bicyclic) bond motifs is 1. The number of benzene rings is 1. The maximum Gasteiger partial charge on any atom is 0.253 e. The van der Waals surface area contributed by atoms with Gasteiger partial charge in [0.25, 0.3) is 5.56 Å².